The van der Waals surface area contributed by atoms with Gasteiger partial charge in [0.25, 0.3) is 0 Å². The van der Waals surface area contributed by atoms with E-state index in [1.54, 1.807) is 11.3 Å². The normalized spacial score (nSPS) is 22.8. The SMILES string of the molecule is C[C@@H]1C[C@H](C)CN(C(=O)CN(CCO)Cc2ccsc2)C1. The largest absolute Gasteiger partial charge is 0.395 e. The molecule has 0 unspecified atom stereocenters. The van der Waals surface area contributed by atoms with E-state index >= 15 is 0 Å². The number of nitrogens with zero attached hydrogens (tertiary/aromatic N) is 2. The molecule has 4 nitrogen and oxygen atoms in total. The van der Waals surface area contributed by atoms with Crippen LogP contribution in [0.5, 0.6) is 0 Å². The first-order valence-electron chi connectivity index (χ1n) is 7.70. The molecular formula is C16H26N2O2S. The van der Waals surface area contributed by atoms with E-state index < -0.39 is 0 Å². The lowest BCUT2D eigenvalue weighted by molar-refractivity contribution is -0.135. The molecule has 118 valence electrons. The van der Waals surface area contributed by atoms with E-state index in [0.717, 1.165) is 19.6 Å². The Balaban J connectivity index is 1.91. The number of amides is 1. The lowest BCUT2D eigenvalue weighted by atomic mass is 9.92. The fraction of sp³-hybridized carbons (Fsp3) is 0.688. The van der Waals surface area contributed by atoms with E-state index in [2.05, 4.69) is 25.3 Å². The topological polar surface area (TPSA) is 43.8 Å². The lowest BCUT2D eigenvalue weighted by Gasteiger charge is -2.36. The van der Waals surface area contributed by atoms with Gasteiger partial charge in [0.05, 0.1) is 13.2 Å². The van der Waals surface area contributed by atoms with Gasteiger partial charge in [0.2, 0.25) is 5.91 Å². The standard InChI is InChI=1S/C16H26N2O2S/c1-13-7-14(2)9-18(8-13)16(20)11-17(4-5-19)10-15-3-6-21-12-15/h3,6,12-14,19H,4-5,7-11H2,1-2H3/t13-,14+. The Morgan fingerprint density at radius 3 is 2.71 bits per heavy atom. The molecular weight excluding hydrogens is 284 g/mol. The second kappa shape index (κ2) is 7.92. The van der Waals surface area contributed by atoms with Crippen molar-refractivity contribution in [1.82, 2.24) is 9.80 Å². The maximum absolute atomic E-state index is 12.5. The molecule has 1 amide bonds. The Bertz CT molecular complexity index is 425. The molecule has 21 heavy (non-hydrogen) atoms. The van der Waals surface area contributed by atoms with Gasteiger partial charge in [-0.1, -0.05) is 13.8 Å². The second-order valence-electron chi connectivity index (χ2n) is 6.31. The maximum Gasteiger partial charge on any atom is 0.236 e. The quantitative estimate of drug-likeness (QED) is 0.874. The van der Waals surface area contributed by atoms with Crippen LogP contribution >= 0.6 is 11.3 Å². The van der Waals surface area contributed by atoms with Crippen molar-refractivity contribution in [3.05, 3.63) is 22.4 Å². The van der Waals surface area contributed by atoms with Gasteiger partial charge in [0.1, 0.15) is 0 Å². The van der Waals surface area contributed by atoms with Gasteiger partial charge in [0.15, 0.2) is 0 Å². The Kier molecular flexibility index (Phi) is 6.21. The van der Waals surface area contributed by atoms with Gasteiger partial charge in [-0.15, -0.1) is 0 Å². The van der Waals surface area contributed by atoms with Crippen molar-refractivity contribution in [3.63, 3.8) is 0 Å². The van der Waals surface area contributed by atoms with Crippen molar-refractivity contribution in [2.45, 2.75) is 26.8 Å². The first kappa shape index (κ1) is 16.5. The molecule has 2 atom stereocenters. The van der Waals surface area contributed by atoms with Crippen LogP contribution in [0, 0.1) is 11.8 Å². The van der Waals surface area contributed by atoms with Gasteiger partial charge in [0, 0.05) is 26.2 Å². The summed E-state index contributed by atoms with van der Waals surface area (Å²) in [5, 5.41) is 13.3. The smallest absolute Gasteiger partial charge is 0.236 e. The minimum absolute atomic E-state index is 0.0875. The van der Waals surface area contributed by atoms with Crippen LogP contribution < -0.4 is 0 Å². The summed E-state index contributed by atoms with van der Waals surface area (Å²) in [4.78, 5) is 16.5. The van der Waals surface area contributed by atoms with Crippen LogP contribution in [0.15, 0.2) is 16.8 Å². The van der Waals surface area contributed by atoms with Crippen molar-refractivity contribution in [3.8, 4) is 0 Å². The molecule has 0 aliphatic carbocycles. The minimum Gasteiger partial charge on any atom is -0.395 e. The number of thiophene rings is 1. The molecule has 0 spiro atoms. The predicted octanol–water partition coefficient (Wildman–Crippen LogP) is 2.05. The molecule has 1 N–H and O–H groups in total. The number of hydrogen-bond acceptors (Lipinski definition) is 4. The second-order valence-corrected chi connectivity index (χ2v) is 7.09. The van der Waals surface area contributed by atoms with E-state index in [1.165, 1.54) is 12.0 Å². The number of carbonyl (C=O) groups excluding carboxylic acids is 1. The Hall–Kier alpha value is -0.910. The minimum atomic E-state index is 0.0875. The number of carbonyl (C=O) groups is 1. The average molecular weight is 310 g/mol. The summed E-state index contributed by atoms with van der Waals surface area (Å²) in [5.74, 6) is 1.36. The fourth-order valence-electron chi connectivity index (χ4n) is 3.15. The van der Waals surface area contributed by atoms with E-state index in [-0.39, 0.29) is 12.5 Å². The third kappa shape index (κ3) is 5.09. The molecule has 0 bridgehead atoms. The van der Waals surface area contributed by atoms with Crippen LogP contribution in [0.3, 0.4) is 0 Å². The molecule has 2 rings (SSSR count). The zero-order valence-corrected chi connectivity index (χ0v) is 13.8. The van der Waals surface area contributed by atoms with Gasteiger partial charge < -0.3 is 10.0 Å². The Labute approximate surface area is 131 Å². The van der Waals surface area contributed by atoms with E-state index in [9.17, 15) is 9.90 Å². The summed E-state index contributed by atoms with van der Waals surface area (Å²) in [6.07, 6.45) is 1.21. The molecule has 0 aromatic carbocycles. The van der Waals surface area contributed by atoms with Crippen LogP contribution in [0.2, 0.25) is 0 Å². The lowest BCUT2D eigenvalue weighted by Crippen LogP contribution is -2.47. The molecule has 1 aliphatic heterocycles. The van der Waals surface area contributed by atoms with Crippen molar-refractivity contribution in [1.29, 1.82) is 0 Å². The van der Waals surface area contributed by atoms with E-state index in [1.807, 2.05) is 15.2 Å². The first-order valence-corrected chi connectivity index (χ1v) is 8.64. The van der Waals surface area contributed by atoms with E-state index in [0.29, 0.717) is 24.9 Å². The summed E-state index contributed by atoms with van der Waals surface area (Å²) in [6.45, 7) is 7.93. The molecule has 1 aromatic rings. The third-order valence-electron chi connectivity index (χ3n) is 3.98. The number of piperidine rings is 1. The van der Waals surface area contributed by atoms with Crippen LogP contribution in [-0.2, 0) is 11.3 Å². The van der Waals surface area contributed by atoms with Gasteiger partial charge in [-0.3, -0.25) is 9.69 Å². The summed E-state index contributed by atoms with van der Waals surface area (Å²) < 4.78 is 0. The zero-order valence-electron chi connectivity index (χ0n) is 13.0. The number of hydrogen-bond donors (Lipinski definition) is 1. The van der Waals surface area contributed by atoms with Crippen LogP contribution in [0.1, 0.15) is 25.8 Å². The summed E-state index contributed by atoms with van der Waals surface area (Å²) >= 11 is 1.66. The van der Waals surface area contributed by atoms with Gasteiger partial charge >= 0.3 is 0 Å². The van der Waals surface area contributed by atoms with Crippen LogP contribution in [0.4, 0.5) is 0 Å². The fourth-order valence-corrected chi connectivity index (χ4v) is 3.81. The predicted molar refractivity (Wildman–Crippen MR) is 86.2 cm³/mol. The van der Waals surface area contributed by atoms with Gasteiger partial charge in [-0.05, 0) is 40.6 Å². The highest BCUT2D eigenvalue weighted by atomic mass is 32.1. The van der Waals surface area contributed by atoms with Crippen LogP contribution in [0.25, 0.3) is 0 Å². The molecule has 1 aromatic heterocycles. The van der Waals surface area contributed by atoms with Gasteiger partial charge in [-0.2, -0.15) is 11.3 Å². The number of rotatable bonds is 6. The summed E-state index contributed by atoms with van der Waals surface area (Å²) in [6, 6.07) is 2.07. The number of likely N-dealkylation sites (tertiary alicyclic amines) is 1. The van der Waals surface area contributed by atoms with Crippen molar-refractivity contribution >= 4 is 17.2 Å². The number of aliphatic hydroxyl groups is 1. The first-order chi connectivity index (χ1) is 10.1. The summed E-state index contributed by atoms with van der Waals surface area (Å²) in [5.41, 5.74) is 1.21. The molecule has 0 radical (unpaired) electrons. The number of aliphatic hydroxyl groups excluding tert-OH is 1. The molecule has 1 aliphatic rings. The molecule has 5 heteroatoms. The third-order valence-corrected chi connectivity index (χ3v) is 4.71. The van der Waals surface area contributed by atoms with E-state index in [4.69, 9.17) is 0 Å². The molecule has 0 saturated carbocycles. The Morgan fingerprint density at radius 1 is 1.43 bits per heavy atom. The van der Waals surface area contributed by atoms with Crippen molar-refractivity contribution in [2.24, 2.45) is 11.8 Å². The molecule has 1 fully saturated rings. The van der Waals surface area contributed by atoms with Crippen molar-refractivity contribution < 1.29 is 9.90 Å². The van der Waals surface area contributed by atoms with Crippen molar-refractivity contribution in [2.75, 3.05) is 32.8 Å². The zero-order chi connectivity index (χ0) is 15.2. The highest BCUT2D eigenvalue weighted by Gasteiger charge is 2.26. The Morgan fingerprint density at radius 2 is 2.14 bits per heavy atom. The molecule has 2 heterocycles. The highest BCUT2D eigenvalue weighted by Crippen LogP contribution is 2.21. The summed E-state index contributed by atoms with van der Waals surface area (Å²) in [7, 11) is 0. The maximum atomic E-state index is 12.5. The highest BCUT2D eigenvalue weighted by molar-refractivity contribution is 7.07. The molecule has 1 saturated heterocycles. The van der Waals surface area contributed by atoms with Gasteiger partial charge in [-0.25, -0.2) is 0 Å². The monoisotopic (exact) mass is 310 g/mol. The van der Waals surface area contributed by atoms with Crippen LogP contribution in [-0.4, -0.2) is 53.6 Å². The average Bonchev–Trinajstić information content (AvgIpc) is 2.90.